The van der Waals surface area contributed by atoms with Gasteiger partial charge in [-0.2, -0.15) is 0 Å². The summed E-state index contributed by atoms with van der Waals surface area (Å²) in [5.74, 6) is -1.32. The summed E-state index contributed by atoms with van der Waals surface area (Å²) in [5.41, 5.74) is 1.01. The lowest BCUT2D eigenvalue weighted by atomic mass is 10.1. The van der Waals surface area contributed by atoms with Crippen molar-refractivity contribution in [2.24, 2.45) is 0 Å². The normalized spacial score (nSPS) is 20.4. The van der Waals surface area contributed by atoms with Crippen LogP contribution < -0.4 is 0 Å². The van der Waals surface area contributed by atoms with Crippen molar-refractivity contribution in [3.05, 3.63) is 77.3 Å². The quantitative estimate of drug-likeness (QED) is 0.683. The Balaban J connectivity index is 1.73. The van der Waals surface area contributed by atoms with Crippen LogP contribution in [0.2, 0.25) is 0 Å². The molecule has 2 aliphatic rings. The zero-order valence-electron chi connectivity index (χ0n) is 17.0. The number of rotatable bonds is 6. The zero-order valence-corrected chi connectivity index (χ0v) is 17.8. The fourth-order valence-corrected chi connectivity index (χ4v) is 5.30. The molecule has 6 nitrogen and oxygen atoms in total. The lowest BCUT2D eigenvalue weighted by Gasteiger charge is -2.29. The second-order valence-electron chi connectivity index (χ2n) is 7.64. The summed E-state index contributed by atoms with van der Waals surface area (Å²) in [4.78, 5) is 15.0. The van der Waals surface area contributed by atoms with E-state index in [1.807, 2.05) is 0 Å². The third kappa shape index (κ3) is 4.97. The molecule has 1 atom stereocenters. The molecule has 164 valence electrons. The van der Waals surface area contributed by atoms with Gasteiger partial charge in [0.1, 0.15) is 17.3 Å². The molecule has 2 aromatic rings. The molecule has 31 heavy (non-hydrogen) atoms. The van der Waals surface area contributed by atoms with Gasteiger partial charge in [0, 0.05) is 19.7 Å². The van der Waals surface area contributed by atoms with Crippen molar-refractivity contribution in [3.8, 4) is 0 Å². The van der Waals surface area contributed by atoms with Gasteiger partial charge in [-0.25, -0.2) is 12.8 Å². The van der Waals surface area contributed by atoms with Crippen LogP contribution in [-0.2, 0) is 30.7 Å². The number of nitrogens with zero attached hydrogens (tertiary/aromatic N) is 1. The number of benzene rings is 2. The van der Waals surface area contributed by atoms with Crippen molar-refractivity contribution in [2.45, 2.75) is 25.5 Å². The molecule has 2 heterocycles. The summed E-state index contributed by atoms with van der Waals surface area (Å²) >= 11 is 0. The lowest BCUT2D eigenvalue weighted by Crippen LogP contribution is -2.40. The Labute approximate surface area is 181 Å². The van der Waals surface area contributed by atoms with Crippen LogP contribution >= 0.6 is 0 Å². The van der Waals surface area contributed by atoms with Crippen LogP contribution in [0.1, 0.15) is 24.0 Å². The van der Waals surface area contributed by atoms with Gasteiger partial charge in [-0.1, -0.05) is 42.5 Å². The first kappa shape index (κ1) is 21.5. The standard InChI is InChI=1S/C23H24FNO5S/c24-19-9-4-6-17(14-19)15-25(16-20-10-5-11-29-20)23(26)21-22(18-7-2-1-3-8-18)31(27,28)13-12-30-21/h1-4,6-9,14,20H,5,10-13,15-16H2/t20-/m0/s1. The van der Waals surface area contributed by atoms with Gasteiger partial charge in [0.2, 0.25) is 5.76 Å². The van der Waals surface area contributed by atoms with Gasteiger partial charge >= 0.3 is 0 Å². The van der Waals surface area contributed by atoms with E-state index in [1.54, 1.807) is 42.5 Å². The molecule has 0 N–H and O–H groups in total. The van der Waals surface area contributed by atoms with Gasteiger partial charge in [0.05, 0.1) is 11.9 Å². The zero-order chi connectivity index (χ0) is 21.8. The largest absolute Gasteiger partial charge is 0.486 e. The Morgan fingerprint density at radius 2 is 1.90 bits per heavy atom. The van der Waals surface area contributed by atoms with Crippen molar-refractivity contribution in [3.63, 3.8) is 0 Å². The van der Waals surface area contributed by atoms with E-state index < -0.39 is 21.6 Å². The highest BCUT2D eigenvalue weighted by Crippen LogP contribution is 2.31. The van der Waals surface area contributed by atoms with E-state index >= 15 is 0 Å². The van der Waals surface area contributed by atoms with Gasteiger partial charge in [0.25, 0.3) is 5.91 Å². The van der Waals surface area contributed by atoms with Gasteiger partial charge in [0.15, 0.2) is 9.84 Å². The van der Waals surface area contributed by atoms with Crippen LogP contribution in [0.4, 0.5) is 4.39 Å². The minimum atomic E-state index is -3.70. The third-order valence-corrected chi connectivity index (χ3v) is 7.09. The smallest absolute Gasteiger partial charge is 0.290 e. The summed E-state index contributed by atoms with van der Waals surface area (Å²) in [6.45, 7) is 0.915. The molecule has 0 unspecified atom stereocenters. The Bertz CT molecular complexity index is 1080. The number of carbonyl (C=O) groups is 1. The predicted molar refractivity (Wildman–Crippen MR) is 114 cm³/mol. The molecule has 1 saturated heterocycles. The van der Waals surface area contributed by atoms with E-state index in [4.69, 9.17) is 9.47 Å². The second kappa shape index (κ2) is 9.20. The topological polar surface area (TPSA) is 72.9 Å². The average Bonchev–Trinajstić information content (AvgIpc) is 3.26. The van der Waals surface area contributed by atoms with Crippen LogP contribution in [0.25, 0.3) is 4.91 Å². The molecule has 0 aliphatic carbocycles. The summed E-state index contributed by atoms with van der Waals surface area (Å²) in [5, 5.41) is 0. The Kier molecular flexibility index (Phi) is 6.38. The molecule has 0 bridgehead atoms. The minimum Gasteiger partial charge on any atom is -0.486 e. The summed E-state index contributed by atoms with van der Waals surface area (Å²) in [7, 11) is -3.70. The number of ether oxygens (including phenoxy) is 2. The number of amides is 1. The number of sulfone groups is 1. The maximum Gasteiger partial charge on any atom is 0.290 e. The van der Waals surface area contributed by atoms with E-state index in [-0.39, 0.29) is 42.2 Å². The molecule has 2 aliphatic heterocycles. The van der Waals surface area contributed by atoms with Crippen LogP contribution in [0, 0.1) is 5.82 Å². The summed E-state index contributed by atoms with van der Waals surface area (Å²) in [6.07, 6.45) is 1.55. The van der Waals surface area contributed by atoms with Crippen LogP contribution in [-0.4, -0.2) is 50.8 Å². The predicted octanol–water partition coefficient (Wildman–Crippen LogP) is 3.15. The number of hydrogen-bond donors (Lipinski definition) is 0. The molecule has 0 aromatic heterocycles. The molecular weight excluding hydrogens is 421 g/mol. The fraction of sp³-hybridized carbons (Fsp3) is 0.348. The van der Waals surface area contributed by atoms with Gasteiger partial charge < -0.3 is 14.4 Å². The maximum absolute atomic E-state index is 13.7. The van der Waals surface area contributed by atoms with E-state index in [9.17, 15) is 17.6 Å². The molecule has 0 saturated carbocycles. The van der Waals surface area contributed by atoms with E-state index in [0.717, 1.165) is 12.8 Å². The van der Waals surface area contributed by atoms with Crippen molar-refractivity contribution >= 4 is 20.6 Å². The first-order valence-electron chi connectivity index (χ1n) is 10.2. The molecule has 1 amide bonds. The Morgan fingerprint density at radius 3 is 2.61 bits per heavy atom. The van der Waals surface area contributed by atoms with Crippen molar-refractivity contribution in [1.82, 2.24) is 4.90 Å². The highest BCUT2D eigenvalue weighted by atomic mass is 32.2. The van der Waals surface area contributed by atoms with Gasteiger partial charge in [-0.3, -0.25) is 4.79 Å². The van der Waals surface area contributed by atoms with Crippen molar-refractivity contribution in [1.29, 1.82) is 0 Å². The van der Waals surface area contributed by atoms with Crippen LogP contribution in [0.3, 0.4) is 0 Å². The average molecular weight is 446 g/mol. The van der Waals surface area contributed by atoms with Gasteiger partial charge in [-0.15, -0.1) is 0 Å². The van der Waals surface area contributed by atoms with E-state index in [2.05, 4.69) is 0 Å². The summed E-state index contributed by atoms with van der Waals surface area (Å²) in [6, 6.07) is 14.5. The highest BCUT2D eigenvalue weighted by molar-refractivity contribution is 8.00. The number of halogens is 1. The monoisotopic (exact) mass is 445 g/mol. The van der Waals surface area contributed by atoms with Crippen molar-refractivity contribution in [2.75, 3.05) is 25.5 Å². The number of hydrogen-bond acceptors (Lipinski definition) is 5. The third-order valence-electron chi connectivity index (χ3n) is 5.34. The molecule has 4 rings (SSSR count). The fourth-order valence-electron chi connectivity index (χ4n) is 3.87. The molecule has 0 spiro atoms. The van der Waals surface area contributed by atoms with Crippen molar-refractivity contribution < 1.29 is 27.1 Å². The molecule has 8 heteroatoms. The Morgan fingerprint density at radius 1 is 1.10 bits per heavy atom. The molecule has 0 radical (unpaired) electrons. The molecule has 1 fully saturated rings. The summed E-state index contributed by atoms with van der Waals surface area (Å²) < 4.78 is 50.8. The Hall–Kier alpha value is -2.71. The first-order valence-corrected chi connectivity index (χ1v) is 11.9. The van der Waals surface area contributed by atoms with Crippen LogP contribution in [0.15, 0.2) is 60.4 Å². The first-order chi connectivity index (χ1) is 14.9. The SMILES string of the molecule is O=C(C1=C(c2ccccc2)S(=O)(=O)CCO1)N(Cc1cccc(F)c1)C[C@@H]1CCCO1. The minimum absolute atomic E-state index is 0.0898. The molecular formula is C23H24FNO5S. The second-order valence-corrected chi connectivity index (χ2v) is 9.69. The highest BCUT2D eigenvalue weighted by Gasteiger charge is 2.36. The lowest BCUT2D eigenvalue weighted by molar-refractivity contribution is -0.133. The maximum atomic E-state index is 13.7. The van der Waals surface area contributed by atoms with E-state index in [1.165, 1.54) is 17.0 Å². The van der Waals surface area contributed by atoms with Gasteiger partial charge in [-0.05, 0) is 36.1 Å². The van der Waals surface area contributed by atoms with E-state index in [0.29, 0.717) is 17.7 Å². The van der Waals surface area contributed by atoms with Crippen LogP contribution in [0.5, 0.6) is 0 Å². The number of carbonyl (C=O) groups excluding carboxylic acids is 1. The molecule has 2 aromatic carbocycles.